The number of hydrogen-bond acceptors (Lipinski definition) is 6. The third kappa shape index (κ3) is 9.51. The summed E-state index contributed by atoms with van der Waals surface area (Å²) in [4.78, 5) is 21.6. The normalized spacial score (nSPS) is 17.6. The van der Waals surface area contributed by atoms with Crippen LogP contribution in [0.3, 0.4) is 0 Å². The van der Waals surface area contributed by atoms with Crippen molar-refractivity contribution in [1.82, 2.24) is 9.97 Å². The number of epoxide rings is 1. The summed E-state index contributed by atoms with van der Waals surface area (Å²) in [5, 5.41) is 0.826. The molecule has 0 amide bonds. The number of rotatable bonds is 18. The van der Waals surface area contributed by atoms with E-state index in [1.54, 1.807) is 11.8 Å². The molecule has 1 unspecified atom stereocenters. The van der Waals surface area contributed by atoms with E-state index in [9.17, 15) is 4.79 Å². The fraction of sp³-hybridized carbons (Fsp3) is 0.633. The minimum Gasteiger partial charge on any atom is -0.425 e. The number of hydrogen-bond donors (Lipinski definition) is 0. The first-order valence-electron chi connectivity index (χ1n) is 14.1. The van der Waals surface area contributed by atoms with Gasteiger partial charge in [0.15, 0.2) is 11.3 Å². The Morgan fingerprint density at radius 1 is 0.889 bits per heavy atom. The van der Waals surface area contributed by atoms with Gasteiger partial charge in [0.25, 0.3) is 0 Å². The van der Waals surface area contributed by atoms with Crippen molar-refractivity contribution in [3.63, 3.8) is 0 Å². The fourth-order valence-corrected chi connectivity index (χ4v) is 5.37. The largest absolute Gasteiger partial charge is 0.425 e. The molecule has 5 nitrogen and oxygen atoms in total. The number of unbranched alkanes of at least 4 members (excludes halogenated alkanes) is 8. The lowest BCUT2D eigenvalue weighted by atomic mass is 9.93. The van der Waals surface area contributed by atoms with Crippen LogP contribution >= 0.6 is 11.8 Å². The van der Waals surface area contributed by atoms with Crippen molar-refractivity contribution >= 4 is 17.7 Å². The number of thioether (sulfide) groups is 1. The van der Waals surface area contributed by atoms with E-state index in [4.69, 9.17) is 9.47 Å². The second-order valence-corrected chi connectivity index (χ2v) is 10.9. The number of nitrogens with zero attached hydrogens (tertiary/aromatic N) is 2. The van der Waals surface area contributed by atoms with Crippen LogP contribution in [0.4, 0.5) is 0 Å². The topological polar surface area (TPSA) is 64.6 Å². The molecule has 0 aliphatic carbocycles. The molecule has 1 aromatic carbocycles. The zero-order valence-electron chi connectivity index (χ0n) is 22.4. The highest BCUT2D eigenvalue weighted by Gasteiger charge is 2.50. The summed E-state index contributed by atoms with van der Waals surface area (Å²) in [6, 6.07) is 7.54. The maximum Gasteiger partial charge on any atom is 0.343 e. The maximum absolute atomic E-state index is 12.6. The first kappa shape index (κ1) is 28.6. The van der Waals surface area contributed by atoms with Gasteiger partial charge in [-0.05, 0) is 36.5 Å². The molecule has 1 aliphatic heterocycles. The summed E-state index contributed by atoms with van der Waals surface area (Å²) >= 11 is 1.72. The molecule has 0 N–H and O–H groups in total. The molecule has 1 aromatic heterocycles. The monoisotopic (exact) mass is 512 g/mol. The molecule has 198 valence electrons. The van der Waals surface area contributed by atoms with Crippen molar-refractivity contribution in [2.75, 3.05) is 5.75 Å². The van der Waals surface area contributed by atoms with E-state index < -0.39 is 6.10 Å². The van der Waals surface area contributed by atoms with Gasteiger partial charge in [0.2, 0.25) is 0 Å². The van der Waals surface area contributed by atoms with Gasteiger partial charge in [-0.3, -0.25) is 0 Å². The Bertz CT molecular complexity index is 888. The third-order valence-electron chi connectivity index (χ3n) is 6.94. The van der Waals surface area contributed by atoms with Crippen molar-refractivity contribution in [2.45, 2.75) is 115 Å². The lowest BCUT2D eigenvalue weighted by Gasteiger charge is -2.11. The zero-order chi connectivity index (χ0) is 25.6. The molecule has 2 aromatic rings. The fourth-order valence-electron chi connectivity index (χ4n) is 4.58. The number of benzene rings is 1. The van der Waals surface area contributed by atoms with Crippen molar-refractivity contribution < 1.29 is 14.3 Å². The molecule has 1 aliphatic rings. The minimum absolute atomic E-state index is 0.0120. The zero-order valence-corrected chi connectivity index (χ0v) is 23.2. The van der Waals surface area contributed by atoms with E-state index in [0.717, 1.165) is 34.9 Å². The highest BCUT2D eigenvalue weighted by molar-refractivity contribution is 7.99. The van der Waals surface area contributed by atoms with Crippen molar-refractivity contribution in [3.05, 3.63) is 36.7 Å². The van der Waals surface area contributed by atoms with E-state index >= 15 is 0 Å². The summed E-state index contributed by atoms with van der Waals surface area (Å²) in [6.07, 6.45) is 18.3. The molecule has 1 saturated heterocycles. The van der Waals surface area contributed by atoms with E-state index in [2.05, 4.69) is 30.7 Å². The van der Waals surface area contributed by atoms with Crippen LogP contribution in [-0.4, -0.2) is 33.9 Å². The van der Waals surface area contributed by atoms with Gasteiger partial charge in [0.05, 0.1) is 6.10 Å². The van der Waals surface area contributed by atoms with Crippen LogP contribution in [0.2, 0.25) is 0 Å². The summed E-state index contributed by atoms with van der Waals surface area (Å²) < 4.78 is 11.3. The van der Waals surface area contributed by atoms with Crippen LogP contribution in [0.25, 0.3) is 11.1 Å². The van der Waals surface area contributed by atoms with E-state index in [0.29, 0.717) is 11.7 Å². The van der Waals surface area contributed by atoms with Crippen LogP contribution in [0.1, 0.15) is 97.8 Å². The molecule has 1 fully saturated rings. The average Bonchev–Trinajstić information content (AvgIpc) is 3.70. The maximum atomic E-state index is 12.6. The summed E-state index contributed by atoms with van der Waals surface area (Å²) in [6.45, 7) is 6.65. The predicted octanol–water partition coefficient (Wildman–Crippen LogP) is 8.27. The third-order valence-corrected chi connectivity index (χ3v) is 7.90. The Balaban J connectivity index is 1.40. The van der Waals surface area contributed by atoms with Crippen molar-refractivity contribution in [1.29, 1.82) is 0 Å². The number of carbonyl (C=O) groups excluding carboxylic acids is 1. The second-order valence-electron chi connectivity index (χ2n) is 9.85. The number of carbonyl (C=O) groups is 1. The molecule has 0 bridgehead atoms. The molecule has 3 atom stereocenters. The lowest BCUT2D eigenvalue weighted by Crippen LogP contribution is -2.20. The van der Waals surface area contributed by atoms with Gasteiger partial charge in [0, 0.05) is 23.7 Å². The molecular formula is C30H44N2O3S. The van der Waals surface area contributed by atoms with Gasteiger partial charge >= 0.3 is 5.97 Å². The van der Waals surface area contributed by atoms with Crippen LogP contribution in [-0.2, 0) is 9.53 Å². The van der Waals surface area contributed by atoms with Gasteiger partial charge < -0.3 is 9.47 Å². The first-order chi connectivity index (χ1) is 17.7. The molecular weight excluding hydrogens is 468 g/mol. The summed E-state index contributed by atoms with van der Waals surface area (Å²) in [5.41, 5.74) is 1.96. The van der Waals surface area contributed by atoms with E-state index in [1.807, 2.05) is 36.7 Å². The Kier molecular flexibility index (Phi) is 12.8. The van der Waals surface area contributed by atoms with Crippen LogP contribution in [0, 0.1) is 5.92 Å². The number of ether oxygens (including phenoxy) is 2. The van der Waals surface area contributed by atoms with Crippen molar-refractivity contribution in [2.24, 2.45) is 5.92 Å². The molecule has 6 heteroatoms. The molecule has 36 heavy (non-hydrogen) atoms. The smallest absolute Gasteiger partial charge is 0.343 e. The van der Waals surface area contributed by atoms with Crippen LogP contribution in [0.15, 0.2) is 41.8 Å². The Morgan fingerprint density at radius 3 is 2.19 bits per heavy atom. The Morgan fingerprint density at radius 2 is 1.53 bits per heavy atom. The highest BCUT2D eigenvalue weighted by Crippen LogP contribution is 2.36. The first-order valence-corrected chi connectivity index (χ1v) is 15.1. The predicted molar refractivity (Wildman–Crippen MR) is 148 cm³/mol. The SMILES string of the molecule is CCCCCCCCSc1ncc(-c2ccc(OC(=O)[C@@H]3O[C@H]3C(CC)CCCCCC)cc2)cn1. The molecule has 0 spiro atoms. The Hall–Kier alpha value is -1.92. The minimum atomic E-state index is -0.421. The lowest BCUT2D eigenvalue weighted by molar-refractivity contribution is -0.135. The quantitative estimate of drug-likeness (QED) is 0.0500. The van der Waals surface area contributed by atoms with E-state index in [1.165, 1.54) is 64.2 Å². The number of aromatic nitrogens is 2. The van der Waals surface area contributed by atoms with Crippen LogP contribution < -0.4 is 4.74 Å². The van der Waals surface area contributed by atoms with Gasteiger partial charge in [-0.15, -0.1) is 0 Å². The molecule has 0 saturated carbocycles. The molecule has 3 rings (SSSR count). The second kappa shape index (κ2) is 16.0. The van der Waals surface area contributed by atoms with Crippen LogP contribution in [0.5, 0.6) is 5.75 Å². The summed E-state index contributed by atoms with van der Waals surface area (Å²) in [7, 11) is 0. The van der Waals surface area contributed by atoms with Gasteiger partial charge in [-0.1, -0.05) is 109 Å². The molecule has 0 radical (unpaired) electrons. The van der Waals surface area contributed by atoms with E-state index in [-0.39, 0.29) is 12.1 Å². The standard InChI is InChI=1S/C30H44N2O3S/c1-4-7-9-11-12-14-20-36-30-31-21-25(22-32-30)24-16-18-26(19-17-24)34-29(33)28-27(35-28)23(6-3)15-13-10-8-5-2/h16-19,21-23,27-28H,4-15,20H2,1-3H3/t23?,27-,28+/m0/s1. The number of esters is 1. The Labute approximate surface area is 222 Å². The highest BCUT2D eigenvalue weighted by atomic mass is 32.2. The average molecular weight is 513 g/mol. The van der Waals surface area contributed by atoms with Gasteiger partial charge in [0.1, 0.15) is 5.75 Å². The van der Waals surface area contributed by atoms with Gasteiger partial charge in [-0.2, -0.15) is 0 Å². The van der Waals surface area contributed by atoms with Gasteiger partial charge in [-0.25, -0.2) is 14.8 Å². The molecule has 2 heterocycles. The van der Waals surface area contributed by atoms with Crippen molar-refractivity contribution in [3.8, 4) is 16.9 Å². The summed E-state index contributed by atoms with van der Waals surface area (Å²) in [5.74, 6) is 1.76.